The Morgan fingerprint density at radius 3 is 2.30 bits per heavy atom. The molecule has 0 bridgehead atoms. The lowest BCUT2D eigenvalue weighted by Crippen LogP contribution is -2.53. The summed E-state index contributed by atoms with van der Waals surface area (Å²) in [6.07, 6.45) is -0.608. The van der Waals surface area contributed by atoms with Crippen molar-refractivity contribution >= 4 is 29.8 Å². The lowest BCUT2D eigenvalue weighted by molar-refractivity contribution is -0.144. The Morgan fingerprint density at radius 2 is 1.76 bits per heavy atom. The van der Waals surface area contributed by atoms with Crippen LogP contribution in [0.15, 0.2) is 18.2 Å². The molecule has 11 nitrogen and oxygen atoms in total. The highest BCUT2D eigenvalue weighted by molar-refractivity contribution is 5.93. The fraction of sp³-hybridized carbons (Fsp3) is 0.577. The number of ether oxygens (including phenoxy) is 2. The maximum atomic E-state index is 13.9. The topological polar surface area (TPSA) is 157 Å². The van der Waals surface area contributed by atoms with E-state index in [4.69, 9.17) is 10.5 Å². The fourth-order valence-electron chi connectivity index (χ4n) is 3.63. The first-order valence-corrected chi connectivity index (χ1v) is 12.2. The predicted octanol–water partition coefficient (Wildman–Crippen LogP) is 2.03. The SMILES string of the molecule is CCCN(C(=O)C(CCC(N)=O)NC(=O)OC(C)(C)C)C(C(=O)NCC(=O)OC)c1cc(C)ccc1C. The Balaban J connectivity index is 3.51. The van der Waals surface area contributed by atoms with Crippen LogP contribution in [0.3, 0.4) is 0 Å². The van der Waals surface area contributed by atoms with Crippen molar-refractivity contribution in [2.75, 3.05) is 20.2 Å². The van der Waals surface area contributed by atoms with Crippen molar-refractivity contribution in [3.8, 4) is 0 Å². The number of nitrogens with one attached hydrogen (secondary N) is 2. The molecule has 0 fully saturated rings. The van der Waals surface area contributed by atoms with Gasteiger partial charge in [-0.3, -0.25) is 19.2 Å². The van der Waals surface area contributed by atoms with Crippen LogP contribution in [0, 0.1) is 13.8 Å². The molecule has 37 heavy (non-hydrogen) atoms. The second-order valence-electron chi connectivity index (χ2n) is 9.79. The van der Waals surface area contributed by atoms with Gasteiger partial charge in [-0.1, -0.05) is 30.7 Å². The number of methoxy groups -OCH3 is 1. The molecule has 0 aliphatic rings. The first kappa shape index (κ1) is 31.4. The number of nitrogens with two attached hydrogens (primary N) is 1. The first-order valence-electron chi connectivity index (χ1n) is 12.2. The number of aryl methyl sites for hydroxylation is 2. The molecule has 4 N–H and O–H groups in total. The number of amides is 4. The summed E-state index contributed by atoms with van der Waals surface area (Å²) < 4.78 is 9.92. The molecule has 0 spiro atoms. The zero-order valence-electron chi connectivity index (χ0n) is 22.8. The van der Waals surface area contributed by atoms with Gasteiger partial charge in [-0.15, -0.1) is 0 Å². The zero-order chi connectivity index (χ0) is 28.3. The highest BCUT2D eigenvalue weighted by Crippen LogP contribution is 2.27. The highest BCUT2D eigenvalue weighted by atomic mass is 16.6. The van der Waals surface area contributed by atoms with E-state index in [-0.39, 0.29) is 25.9 Å². The van der Waals surface area contributed by atoms with Gasteiger partial charge in [0.1, 0.15) is 24.2 Å². The standard InChI is InChI=1S/C26H40N4O7/c1-8-13-30(24(34)19(11-12-20(27)31)29-25(35)37-26(4,5)6)22(23(33)28-15-21(32)36-7)18-14-16(2)9-10-17(18)3/h9-10,14,19,22H,8,11-13,15H2,1-7H3,(H2,27,31)(H,28,33)(H,29,35). The average molecular weight is 521 g/mol. The molecule has 2 unspecified atom stereocenters. The summed E-state index contributed by atoms with van der Waals surface area (Å²) >= 11 is 0. The molecule has 0 saturated carbocycles. The van der Waals surface area contributed by atoms with Crippen molar-refractivity contribution in [3.05, 3.63) is 34.9 Å². The molecular formula is C26H40N4O7. The summed E-state index contributed by atoms with van der Waals surface area (Å²) in [5.74, 6) is -2.47. The lowest BCUT2D eigenvalue weighted by Gasteiger charge is -2.35. The largest absolute Gasteiger partial charge is 0.468 e. The van der Waals surface area contributed by atoms with Crippen molar-refractivity contribution in [2.24, 2.45) is 5.73 Å². The third kappa shape index (κ3) is 10.5. The summed E-state index contributed by atoms with van der Waals surface area (Å²) in [5.41, 5.74) is 6.68. The quantitative estimate of drug-likeness (QED) is 0.356. The fourth-order valence-corrected chi connectivity index (χ4v) is 3.63. The van der Waals surface area contributed by atoms with Crippen LogP contribution in [0.1, 0.15) is 69.7 Å². The minimum Gasteiger partial charge on any atom is -0.468 e. The third-order valence-electron chi connectivity index (χ3n) is 5.34. The van der Waals surface area contributed by atoms with E-state index in [1.807, 2.05) is 32.9 Å². The molecule has 1 aromatic carbocycles. The Bertz CT molecular complexity index is 988. The van der Waals surface area contributed by atoms with Gasteiger partial charge in [0.15, 0.2) is 0 Å². The predicted molar refractivity (Wildman–Crippen MR) is 137 cm³/mol. The number of esters is 1. The number of rotatable bonds is 12. The van der Waals surface area contributed by atoms with Gasteiger partial charge in [-0.05, 0) is 58.6 Å². The van der Waals surface area contributed by atoms with Crippen LogP contribution in [0.4, 0.5) is 4.79 Å². The summed E-state index contributed by atoms with van der Waals surface area (Å²) in [6.45, 7) is 10.3. The molecule has 1 rings (SSSR count). The molecule has 2 atom stereocenters. The molecule has 0 heterocycles. The van der Waals surface area contributed by atoms with Crippen molar-refractivity contribution in [1.29, 1.82) is 0 Å². The van der Waals surface area contributed by atoms with Crippen LogP contribution in [-0.4, -0.2) is 66.5 Å². The number of carbonyl (C=O) groups excluding carboxylic acids is 5. The molecule has 0 saturated heterocycles. The van der Waals surface area contributed by atoms with Crippen molar-refractivity contribution in [3.63, 3.8) is 0 Å². The average Bonchev–Trinajstić information content (AvgIpc) is 2.80. The van der Waals surface area contributed by atoms with E-state index >= 15 is 0 Å². The second-order valence-corrected chi connectivity index (χ2v) is 9.79. The Hall–Kier alpha value is -3.63. The normalized spacial score (nSPS) is 12.6. The third-order valence-corrected chi connectivity index (χ3v) is 5.34. The lowest BCUT2D eigenvalue weighted by atomic mass is 9.95. The summed E-state index contributed by atoms with van der Waals surface area (Å²) in [5, 5.41) is 5.07. The number of carbonyl (C=O) groups is 5. The van der Waals surface area contributed by atoms with E-state index in [0.717, 1.165) is 11.1 Å². The van der Waals surface area contributed by atoms with E-state index in [9.17, 15) is 24.0 Å². The van der Waals surface area contributed by atoms with Crippen LogP contribution < -0.4 is 16.4 Å². The number of hydrogen-bond acceptors (Lipinski definition) is 7. The first-order chi connectivity index (χ1) is 17.2. The molecule has 0 radical (unpaired) electrons. The van der Waals surface area contributed by atoms with Crippen molar-refractivity contribution in [1.82, 2.24) is 15.5 Å². The number of alkyl carbamates (subject to hydrolysis) is 1. The van der Waals surface area contributed by atoms with Crippen LogP contribution in [0.2, 0.25) is 0 Å². The summed E-state index contributed by atoms with van der Waals surface area (Å²) in [7, 11) is 1.20. The van der Waals surface area contributed by atoms with Gasteiger partial charge in [0.05, 0.1) is 7.11 Å². The number of primary amides is 1. The van der Waals surface area contributed by atoms with E-state index < -0.39 is 47.5 Å². The molecule has 0 aliphatic carbocycles. The molecule has 4 amide bonds. The van der Waals surface area contributed by atoms with E-state index in [1.54, 1.807) is 26.8 Å². The van der Waals surface area contributed by atoms with Crippen LogP contribution in [0.5, 0.6) is 0 Å². The monoisotopic (exact) mass is 520 g/mol. The Kier molecular flexibility index (Phi) is 12.0. The van der Waals surface area contributed by atoms with Crippen molar-refractivity contribution in [2.45, 2.75) is 78.5 Å². The van der Waals surface area contributed by atoms with Gasteiger partial charge in [0.2, 0.25) is 17.7 Å². The number of hydrogen-bond donors (Lipinski definition) is 3. The number of nitrogens with zero attached hydrogens (tertiary/aromatic N) is 1. The number of benzene rings is 1. The Labute approximate surface area is 218 Å². The summed E-state index contributed by atoms with van der Waals surface area (Å²) in [4.78, 5) is 64.4. The zero-order valence-corrected chi connectivity index (χ0v) is 22.8. The van der Waals surface area contributed by atoms with Crippen LogP contribution in [0.25, 0.3) is 0 Å². The molecular weight excluding hydrogens is 480 g/mol. The van der Waals surface area contributed by atoms with Crippen molar-refractivity contribution < 1.29 is 33.4 Å². The second kappa shape index (κ2) is 14.2. The molecule has 0 aromatic heterocycles. The molecule has 0 aliphatic heterocycles. The van der Waals surface area contributed by atoms with Gasteiger partial charge in [-0.2, -0.15) is 0 Å². The van der Waals surface area contributed by atoms with E-state index in [0.29, 0.717) is 12.0 Å². The van der Waals surface area contributed by atoms with E-state index in [1.165, 1.54) is 12.0 Å². The Morgan fingerprint density at radius 1 is 1.11 bits per heavy atom. The summed E-state index contributed by atoms with van der Waals surface area (Å²) in [6, 6.07) is 3.22. The minimum atomic E-state index is -1.19. The van der Waals surface area contributed by atoms with E-state index in [2.05, 4.69) is 15.4 Å². The van der Waals surface area contributed by atoms with Gasteiger partial charge in [0.25, 0.3) is 0 Å². The smallest absolute Gasteiger partial charge is 0.408 e. The molecule has 206 valence electrons. The van der Waals surface area contributed by atoms with Crippen LogP contribution in [-0.2, 0) is 28.7 Å². The van der Waals surface area contributed by atoms with Gasteiger partial charge < -0.3 is 30.7 Å². The minimum absolute atomic E-state index is 0.0864. The van der Waals surface area contributed by atoms with Gasteiger partial charge >= 0.3 is 12.1 Å². The van der Waals surface area contributed by atoms with Gasteiger partial charge in [0, 0.05) is 13.0 Å². The highest BCUT2D eigenvalue weighted by Gasteiger charge is 2.36. The maximum absolute atomic E-state index is 13.9. The molecule has 1 aromatic rings. The van der Waals surface area contributed by atoms with Gasteiger partial charge in [-0.25, -0.2) is 4.79 Å². The van der Waals surface area contributed by atoms with Crippen LogP contribution >= 0.6 is 0 Å². The maximum Gasteiger partial charge on any atom is 0.408 e. The molecule has 11 heteroatoms.